The van der Waals surface area contributed by atoms with Gasteiger partial charge in [-0.2, -0.15) is 5.10 Å². The fraction of sp³-hybridized carbons (Fsp3) is 0.562. The molecule has 1 aliphatic carbocycles. The molecule has 2 rings (SSSR count). The van der Waals surface area contributed by atoms with Crippen molar-refractivity contribution in [1.29, 1.82) is 0 Å². The third-order valence-electron chi connectivity index (χ3n) is 3.65. The van der Waals surface area contributed by atoms with Gasteiger partial charge in [0, 0.05) is 19.2 Å². The molecule has 0 aromatic carbocycles. The van der Waals surface area contributed by atoms with Gasteiger partial charge in [0.25, 0.3) is 11.5 Å². The molecule has 1 aromatic heterocycles. The van der Waals surface area contributed by atoms with Crippen LogP contribution in [0.15, 0.2) is 28.6 Å². The Morgan fingerprint density at radius 2 is 2.24 bits per heavy atom. The maximum Gasteiger partial charge on any atom is 0.271 e. The smallest absolute Gasteiger partial charge is 0.271 e. The van der Waals surface area contributed by atoms with Gasteiger partial charge in [-0.1, -0.05) is 18.6 Å². The molecule has 0 bridgehead atoms. The molecular weight excluding hydrogens is 266 g/mol. The van der Waals surface area contributed by atoms with Crippen molar-refractivity contribution in [3.05, 3.63) is 39.8 Å². The molecule has 1 aromatic rings. The molecule has 0 spiro atoms. The molecule has 21 heavy (non-hydrogen) atoms. The highest BCUT2D eigenvalue weighted by Crippen LogP contribution is 2.19. The zero-order chi connectivity index (χ0) is 15.1. The minimum absolute atomic E-state index is 0.166. The third kappa shape index (κ3) is 4.55. The summed E-state index contributed by atoms with van der Waals surface area (Å²) in [5.74, 6) is -0.212. The van der Waals surface area contributed by atoms with Crippen LogP contribution in [0.4, 0.5) is 0 Å². The van der Waals surface area contributed by atoms with Gasteiger partial charge in [0.15, 0.2) is 0 Å². The number of amides is 1. The summed E-state index contributed by atoms with van der Waals surface area (Å²) in [5.41, 5.74) is 1.58. The SMILES string of the molecule is CCCn1nc(C(=O)NCCC2=CCCCC2)ccc1=O. The Morgan fingerprint density at radius 1 is 1.38 bits per heavy atom. The predicted molar refractivity (Wildman–Crippen MR) is 82.3 cm³/mol. The molecule has 0 unspecified atom stereocenters. The van der Waals surface area contributed by atoms with E-state index in [2.05, 4.69) is 16.5 Å². The first-order valence-corrected chi connectivity index (χ1v) is 7.75. The minimum Gasteiger partial charge on any atom is -0.350 e. The number of rotatable bonds is 6. The summed E-state index contributed by atoms with van der Waals surface area (Å²) in [6.45, 7) is 3.13. The third-order valence-corrected chi connectivity index (χ3v) is 3.65. The number of carbonyl (C=O) groups excluding carboxylic acids is 1. The minimum atomic E-state index is -0.212. The Hall–Kier alpha value is -1.91. The van der Waals surface area contributed by atoms with Crippen molar-refractivity contribution in [3.8, 4) is 0 Å². The molecule has 114 valence electrons. The first-order chi connectivity index (χ1) is 10.2. The van der Waals surface area contributed by atoms with Crippen LogP contribution in [0.1, 0.15) is 55.9 Å². The molecule has 0 fully saturated rings. The van der Waals surface area contributed by atoms with E-state index < -0.39 is 0 Å². The van der Waals surface area contributed by atoms with Crippen LogP contribution in [0.3, 0.4) is 0 Å². The largest absolute Gasteiger partial charge is 0.350 e. The van der Waals surface area contributed by atoms with Crippen molar-refractivity contribution < 1.29 is 4.79 Å². The monoisotopic (exact) mass is 289 g/mol. The van der Waals surface area contributed by atoms with Crippen LogP contribution in [-0.2, 0) is 6.54 Å². The molecule has 5 heteroatoms. The standard InChI is InChI=1S/C16H23N3O2/c1-2-12-19-15(20)9-8-14(18-19)16(21)17-11-10-13-6-4-3-5-7-13/h6,8-9H,2-5,7,10-12H2,1H3,(H,17,21). The van der Waals surface area contributed by atoms with Crippen molar-refractivity contribution in [2.24, 2.45) is 0 Å². The molecular formula is C16H23N3O2. The number of carbonyl (C=O) groups is 1. The van der Waals surface area contributed by atoms with E-state index >= 15 is 0 Å². The Kier molecular flexibility index (Phi) is 5.72. The molecule has 1 aliphatic rings. The second-order valence-electron chi connectivity index (χ2n) is 5.39. The topological polar surface area (TPSA) is 64.0 Å². The number of hydrogen-bond donors (Lipinski definition) is 1. The highest BCUT2D eigenvalue weighted by Gasteiger charge is 2.10. The number of hydrogen-bond acceptors (Lipinski definition) is 3. The number of aromatic nitrogens is 2. The average Bonchev–Trinajstić information content (AvgIpc) is 2.50. The second-order valence-corrected chi connectivity index (χ2v) is 5.39. The summed E-state index contributed by atoms with van der Waals surface area (Å²) in [4.78, 5) is 23.6. The van der Waals surface area contributed by atoms with Crippen LogP contribution in [0.5, 0.6) is 0 Å². The quantitative estimate of drug-likeness (QED) is 0.817. The van der Waals surface area contributed by atoms with Crippen molar-refractivity contribution in [2.75, 3.05) is 6.54 Å². The zero-order valence-corrected chi connectivity index (χ0v) is 12.6. The number of nitrogens with one attached hydrogen (secondary N) is 1. The van der Waals surface area contributed by atoms with E-state index in [1.807, 2.05) is 6.92 Å². The fourth-order valence-corrected chi connectivity index (χ4v) is 2.50. The van der Waals surface area contributed by atoms with E-state index in [1.165, 1.54) is 35.2 Å². The maximum absolute atomic E-state index is 12.0. The van der Waals surface area contributed by atoms with Gasteiger partial charge in [-0.05, 0) is 44.6 Å². The molecule has 5 nitrogen and oxygen atoms in total. The Morgan fingerprint density at radius 3 is 2.95 bits per heavy atom. The first kappa shape index (κ1) is 15.5. The Bertz CT molecular complexity index is 575. The summed E-state index contributed by atoms with van der Waals surface area (Å²) < 4.78 is 1.35. The molecule has 0 saturated heterocycles. The molecule has 0 aliphatic heterocycles. The number of nitrogens with zero attached hydrogens (tertiary/aromatic N) is 2. The summed E-state index contributed by atoms with van der Waals surface area (Å²) >= 11 is 0. The van der Waals surface area contributed by atoms with Crippen LogP contribution in [-0.4, -0.2) is 22.2 Å². The van der Waals surface area contributed by atoms with Gasteiger partial charge in [-0.3, -0.25) is 9.59 Å². The fourth-order valence-electron chi connectivity index (χ4n) is 2.50. The molecule has 1 heterocycles. The lowest BCUT2D eigenvalue weighted by Gasteiger charge is -2.13. The summed E-state index contributed by atoms with van der Waals surface area (Å²) in [5, 5.41) is 6.98. The molecule has 0 radical (unpaired) electrons. The van der Waals surface area contributed by atoms with E-state index in [-0.39, 0.29) is 11.5 Å². The Labute approximate surface area is 125 Å². The van der Waals surface area contributed by atoms with E-state index in [0.29, 0.717) is 18.8 Å². The first-order valence-electron chi connectivity index (χ1n) is 7.75. The van der Waals surface area contributed by atoms with Gasteiger partial charge in [0.05, 0.1) is 0 Å². The van der Waals surface area contributed by atoms with Gasteiger partial charge < -0.3 is 5.32 Å². The number of aryl methyl sites for hydroxylation is 1. The average molecular weight is 289 g/mol. The summed E-state index contributed by atoms with van der Waals surface area (Å²) in [7, 11) is 0. The van der Waals surface area contributed by atoms with Gasteiger partial charge in [0.1, 0.15) is 5.69 Å². The van der Waals surface area contributed by atoms with Crippen LogP contribution >= 0.6 is 0 Å². The molecule has 0 saturated carbocycles. The van der Waals surface area contributed by atoms with E-state index in [0.717, 1.165) is 25.7 Å². The normalized spacial score (nSPS) is 14.6. The van der Waals surface area contributed by atoms with Gasteiger partial charge >= 0.3 is 0 Å². The van der Waals surface area contributed by atoms with E-state index in [1.54, 1.807) is 0 Å². The maximum atomic E-state index is 12.0. The van der Waals surface area contributed by atoms with Crippen molar-refractivity contribution >= 4 is 5.91 Å². The Balaban J connectivity index is 1.89. The van der Waals surface area contributed by atoms with Crippen LogP contribution in [0.2, 0.25) is 0 Å². The summed E-state index contributed by atoms with van der Waals surface area (Å²) in [6, 6.07) is 2.89. The van der Waals surface area contributed by atoms with Crippen LogP contribution < -0.4 is 10.9 Å². The molecule has 1 amide bonds. The lowest BCUT2D eigenvalue weighted by atomic mass is 9.97. The second kappa shape index (κ2) is 7.76. The van der Waals surface area contributed by atoms with Crippen molar-refractivity contribution in [1.82, 2.24) is 15.1 Å². The predicted octanol–water partition coefficient (Wildman–Crippen LogP) is 2.27. The van der Waals surface area contributed by atoms with Crippen LogP contribution in [0, 0.1) is 0 Å². The highest BCUT2D eigenvalue weighted by molar-refractivity contribution is 5.91. The van der Waals surface area contributed by atoms with Gasteiger partial charge in [-0.25, -0.2) is 4.68 Å². The van der Waals surface area contributed by atoms with Gasteiger partial charge in [-0.15, -0.1) is 0 Å². The molecule has 1 N–H and O–H groups in total. The lowest BCUT2D eigenvalue weighted by molar-refractivity contribution is 0.0946. The van der Waals surface area contributed by atoms with Crippen molar-refractivity contribution in [3.63, 3.8) is 0 Å². The van der Waals surface area contributed by atoms with E-state index in [9.17, 15) is 9.59 Å². The lowest BCUT2D eigenvalue weighted by Crippen LogP contribution is -2.30. The summed E-state index contributed by atoms with van der Waals surface area (Å²) in [6.07, 6.45) is 8.84. The van der Waals surface area contributed by atoms with E-state index in [4.69, 9.17) is 0 Å². The van der Waals surface area contributed by atoms with Crippen LogP contribution in [0.25, 0.3) is 0 Å². The van der Waals surface area contributed by atoms with Crippen molar-refractivity contribution in [2.45, 2.75) is 52.0 Å². The highest BCUT2D eigenvalue weighted by atomic mass is 16.2. The molecule has 0 atom stereocenters. The zero-order valence-electron chi connectivity index (χ0n) is 12.6. The number of allylic oxidation sites excluding steroid dienone is 1. The van der Waals surface area contributed by atoms with Gasteiger partial charge in [0.2, 0.25) is 0 Å².